The Labute approximate surface area is 155 Å². The van der Waals surface area contributed by atoms with Crippen LogP contribution in [-0.4, -0.2) is 33.4 Å². The Balaban J connectivity index is 1.64. The monoisotopic (exact) mass is 366 g/mol. The van der Waals surface area contributed by atoms with Gasteiger partial charge in [0.25, 0.3) is 5.91 Å². The van der Waals surface area contributed by atoms with Crippen LogP contribution in [0.2, 0.25) is 0 Å². The smallest absolute Gasteiger partial charge is 0.287 e. The van der Waals surface area contributed by atoms with Crippen LogP contribution in [0.4, 0.5) is 0 Å². The van der Waals surface area contributed by atoms with Gasteiger partial charge in [-0.25, -0.2) is 0 Å². The molecule has 0 aliphatic carbocycles. The lowest BCUT2D eigenvalue weighted by Crippen LogP contribution is -2.36. The average Bonchev–Trinajstić information content (AvgIpc) is 3.16. The second-order valence-corrected chi connectivity index (χ2v) is 5.65. The third-order valence-corrected chi connectivity index (χ3v) is 3.84. The number of phenols is 2. The number of rotatable bonds is 6. The van der Waals surface area contributed by atoms with Crippen molar-refractivity contribution in [2.45, 2.75) is 0 Å². The van der Waals surface area contributed by atoms with E-state index < -0.39 is 5.91 Å². The molecule has 1 aromatic heterocycles. The van der Waals surface area contributed by atoms with Gasteiger partial charge in [-0.2, -0.15) is 5.10 Å². The summed E-state index contributed by atoms with van der Waals surface area (Å²) in [6.45, 7) is 3.75. The van der Waals surface area contributed by atoms with E-state index in [1.807, 2.05) is 12.1 Å². The van der Waals surface area contributed by atoms with E-state index in [2.05, 4.69) is 27.6 Å². The summed E-state index contributed by atoms with van der Waals surface area (Å²) in [6.07, 6.45) is 0. The topological polar surface area (TPSA) is 120 Å². The molecule has 138 valence electrons. The summed E-state index contributed by atoms with van der Waals surface area (Å²) in [4.78, 5) is 12.3. The highest BCUT2D eigenvalue weighted by Gasteiger charge is 2.12. The van der Waals surface area contributed by atoms with Crippen molar-refractivity contribution in [3.63, 3.8) is 0 Å². The van der Waals surface area contributed by atoms with Crippen molar-refractivity contribution in [2.24, 2.45) is 0 Å². The van der Waals surface area contributed by atoms with Crippen LogP contribution in [0.25, 0.3) is 17.0 Å². The molecule has 5 N–H and O–H groups in total. The van der Waals surface area contributed by atoms with Crippen LogP contribution >= 0.6 is 0 Å². The normalized spacial score (nSPS) is 10.3. The second kappa shape index (κ2) is 7.52. The molecular formula is C19H18N4O4. The van der Waals surface area contributed by atoms with Crippen LogP contribution in [0, 0.1) is 0 Å². The number of aromatic amines is 1. The molecule has 0 aliphatic rings. The number of ether oxygens (including phenoxy) is 1. The number of carbonyl (C=O) groups is 1. The molecule has 0 aliphatic heterocycles. The molecule has 0 spiro atoms. The van der Waals surface area contributed by atoms with Gasteiger partial charge in [0.1, 0.15) is 22.9 Å². The van der Waals surface area contributed by atoms with Gasteiger partial charge in [-0.15, -0.1) is 0 Å². The van der Waals surface area contributed by atoms with Crippen molar-refractivity contribution in [2.75, 3.05) is 7.11 Å². The highest BCUT2D eigenvalue weighted by atomic mass is 16.5. The predicted molar refractivity (Wildman–Crippen MR) is 100.0 cm³/mol. The molecule has 27 heavy (non-hydrogen) atoms. The van der Waals surface area contributed by atoms with Gasteiger partial charge in [-0.1, -0.05) is 6.58 Å². The highest BCUT2D eigenvalue weighted by molar-refractivity contribution is 5.93. The minimum atomic E-state index is -0.457. The number of methoxy groups -OCH3 is 1. The number of benzene rings is 2. The molecule has 3 rings (SSSR count). The van der Waals surface area contributed by atoms with Crippen molar-refractivity contribution < 1.29 is 19.7 Å². The number of amides is 1. The molecule has 8 heteroatoms. The summed E-state index contributed by atoms with van der Waals surface area (Å²) in [5.74, 6) is 0.0378. The first-order valence-corrected chi connectivity index (χ1v) is 7.95. The Morgan fingerprint density at radius 3 is 2.52 bits per heavy atom. The quantitative estimate of drug-likeness (QED) is 0.427. The maximum atomic E-state index is 12.3. The first-order valence-electron chi connectivity index (χ1n) is 7.95. The Kier molecular flexibility index (Phi) is 4.98. The minimum Gasteiger partial charge on any atom is -0.508 e. The molecule has 2 aromatic carbocycles. The molecule has 0 unspecified atom stereocenters. The fourth-order valence-electron chi connectivity index (χ4n) is 2.39. The first-order chi connectivity index (χ1) is 13.0. The number of nitrogens with zero attached hydrogens (tertiary/aromatic N) is 1. The number of aromatic nitrogens is 2. The lowest BCUT2D eigenvalue weighted by atomic mass is 10.1. The third-order valence-electron chi connectivity index (χ3n) is 3.84. The molecule has 3 aromatic rings. The van der Waals surface area contributed by atoms with Crippen molar-refractivity contribution in [1.82, 2.24) is 21.0 Å². The number of H-pyrrole nitrogens is 1. The molecule has 0 bridgehead atoms. The van der Waals surface area contributed by atoms with E-state index >= 15 is 0 Å². The van der Waals surface area contributed by atoms with E-state index in [9.17, 15) is 15.0 Å². The summed E-state index contributed by atoms with van der Waals surface area (Å²) >= 11 is 0. The molecule has 8 nitrogen and oxygen atoms in total. The highest BCUT2D eigenvalue weighted by Crippen LogP contribution is 2.26. The van der Waals surface area contributed by atoms with Gasteiger partial charge in [0, 0.05) is 17.2 Å². The second-order valence-electron chi connectivity index (χ2n) is 5.65. The number of phenolic OH excluding ortho intramolecular Hbond substituents is 2. The average molecular weight is 366 g/mol. The SMILES string of the molecule is C=C(NNC(=O)c1cc(-c2ccc(OC)cc2)n[nH]1)c1ccc(O)cc1O. The summed E-state index contributed by atoms with van der Waals surface area (Å²) in [7, 11) is 1.59. The predicted octanol–water partition coefficient (Wildman–Crippen LogP) is 2.40. The lowest BCUT2D eigenvalue weighted by molar-refractivity contribution is 0.0937. The van der Waals surface area contributed by atoms with E-state index in [1.54, 1.807) is 25.3 Å². The number of hydrogen-bond acceptors (Lipinski definition) is 6. The van der Waals surface area contributed by atoms with Gasteiger partial charge < -0.3 is 14.9 Å². The first kappa shape index (κ1) is 17.9. The molecule has 0 radical (unpaired) electrons. The maximum absolute atomic E-state index is 12.3. The molecule has 1 amide bonds. The van der Waals surface area contributed by atoms with E-state index in [-0.39, 0.29) is 22.9 Å². The zero-order valence-corrected chi connectivity index (χ0v) is 14.5. The lowest BCUT2D eigenvalue weighted by Gasteiger charge is -2.12. The van der Waals surface area contributed by atoms with Crippen molar-refractivity contribution in [3.05, 3.63) is 66.4 Å². The van der Waals surface area contributed by atoms with Gasteiger partial charge in [0.05, 0.1) is 18.5 Å². The van der Waals surface area contributed by atoms with Crippen molar-refractivity contribution in [1.29, 1.82) is 0 Å². The van der Waals surface area contributed by atoms with Crippen molar-refractivity contribution in [3.8, 4) is 28.5 Å². The summed E-state index contributed by atoms with van der Waals surface area (Å²) in [5, 5.41) is 25.9. The molecule has 0 saturated heterocycles. The zero-order chi connectivity index (χ0) is 19.4. The van der Waals surface area contributed by atoms with Crippen molar-refractivity contribution >= 4 is 11.6 Å². The van der Waals surface area contributed by atoms with Gasteiger partial charge in [-0.05, 0) is 42.5 Å². The van der Waals surface area contributed by atoms with Gasteiger partial charge >= 0.3 is 0 Å². The largest absolute Gasteiger partial charge is 0.508 e. The van der Waals surface area contributed by atoms with Gasteiger partial charge in [-0.3, -0.25) is 20.7 Å². The number of hydrogen-bond donors (Lipinski definition) is 5. The third kappa shape index (κ3) is 4.01. The summed E-state index contributed by atoms with van der Waals surface area (Å²) < 4.78 is 5.11. The Bertz CT molecular complexity index is 980. The number of hydrazine groups is 1. The van der Waals surface area contributed by atoms with Crippen LogP contribution in [0.15, 0.2) is 55.1 Å². The molecule has 0 atom stereocenters. The maximum Gasteiger partial charge on any atom is 0.287 e. The fraction of sp³-hybridized carbons (Fsp3) is 0.0526. The summed E-state index contributed by atoms with van der Waals surface area (Å²) in [6, 6.07) is 13.0. The Morgan fingerprint density at radius 2 is 1.85 bits per heavy atom. The van der Waals surface area contributed by atoms with E-state index in [1.165, 1.54) is 18.2 Å². The number of nitrogens with one attached hydrogen (secondary N) is 3. The molecule has 1 heterocycles. The zero-order valence-electron chi connectivity index (χ0n) is 14.5. The van der Waals surface area contributed by atoms with Crippen LogP contribution in [0.3, 0.4) is 0 Å². The van der Waals surface area contributed by atoms with E-state index in [0.717, 1.165) is 11.3 Å². The standard InChI is InChI=1S/C19H18N4O4/c1-11(15-8-5-13(24)9-18(15)25)20-23-19(26)17-10-16(21-22-17)12-3-6-14(27-2)7-4-12/h3-10,20,24-25H,1H2,2H3,(H,21,22)(H,23,26). The minimum absolute atomic E-state index is 0.0726. The number of carbonyl (C=O) groups excluding carboxylic acids is 1. The van der Waals surface area contributed by atoms with E-state index in [0.29, 0.717) is 11.3 Å². The van der Waals surface area contributed by atoms with Crippen LogP contribution in [0.5, 0.6) is 17.2 Å². The molecular weight excluding hydrogens is 348 g/mol. The Hall–Kier alpha value is -3.94. The van der Waals surface area contributed by atoms with Crippen LogP contribution in [-0.2, 0) is 0 Å². The molecule has 0 saturated carbocycles. The van der Waals surface area contributed by atoms with Crippen LogP contribution in [0.1, 0.15) is 16.1 Å². The van der Waals surface area contributed by atoms with Crippen LogP contribution < -0.4 is 15.6 Å². The number of aromatic hydroxyl groups is 2. The van der Waals surface area contributed by atoms with E-state index in [4.69, 9.17) is 4.74 Å². The van der Waals surface area contributed by atoms with Gasteiger partial charge in [0.15, 0.2) is 0 Å². The fourth-order valence-corrected chi connectivity index (χ4v) is 2.39. The molecule has 0 fully saturated rings. The Morgan fingerprint density at radius 1 is 1.11 bits per heavy atom. The van der Waals surface area contributed by atoms with Gasteiger partial charge in [0.2, 0.25) is 0 Å². The summed E-state index contributed by atoms with van der Waals surface area (Å²) in [5.41, 5.74) is 7.38.